The van der Waals surface area contributed by atoms with Gasteiger partial charge in [0, 0.05) is 46.2 Å². The molecule has 5 heteroatoms. The van der Waals surface area contributed by atoms with Crippen molar-refractivity contribution >= 4 is 11.6 Å². The summed E-state index contributed by atoms with van der Waals surface area (Å²) in [6, 6.07) is 15.3. The van der Waals surface area contributed by atoms with E-state index >= 15 is 0 Å². The van der Waals surface area contributed by atoms with E-state index in [9.17, 15) is 9.18 Å². The lowest BCUT2D eigenvalue weighted by Crippen LogP contribution is -2.46. The Morgan fingerprint density at radius 3 is 2.28 bits per heavy atom. The molecule has 0 aromatic heterocycles. The van der Waals surface area contributed by atoms with E-state index in [2.05, 4.69) is 39.4 Å². The minimum absolute atomic E-state index is 0.0169. The van der Waals surface area contributed by atoms with Gasteiger partial charge in [-0.1, -0.05) is 36.4 Å². The molecule has 1 aliphatic rings. The third-order valence-corrected chi connectivity index (χ3v) is 4.54. The third-order valence-electron chi connectivity index (χ3n) is 4.54. The summed E-state index contributed by atoms with van der Waals surface area (Å²) in [7, 11) is 0. The molecule has 4 nitrogen and oxygen atoms in total. The van der Waals surface area contributed by atoms with E-state index in [1.54, 1.807) is 6.07 Å². The van der Waals surface area contributed by atoms with Gasteiger partial charge in [0.25, 0.3) is 0 Å². The summed E-state index contributed by atoms with van der Waals surface area (Å²) >= 11 is 0. The van der Waals surface area contributed by atoms with Crippen molar-refractivity contribution in [3.05, 3.63) is 65.5 Å². The second-order valence-electron chi connectivity index (χ2n) is 6.44. The molecule has 1 fully saturated rings. The number of para-hydroxylation sites is 1. The van der Waals surface area contributed by atoms with Gasteiger partial charge in [-0.15, -0.1) is 0 Å². The Kier molecular flexibility index (Phi) is 5.66. The van der Waals surface area contributed by atoms with Crippen molar-refractivity contribution in [1.82, 2.24) is 10.2 Å². The van der Waals surface area contributed by atoms with Crippen LogP contribution >= 0.6 is 0 Å². The van der Waals surface area contributed by atoms with Crippen molar-refractivity contribution in [3.8, 4) is 0 Å². The fourth-order valence-electron chi connectivity index (χ4n) is 3.10. The predicted octanol–water partition coefficient (Wildman–Crippen LogP) is 2.78. The number of amides is 1. The second kappa shape index (κ2) is 8.12. The van der Waals surface area contributed by atoms with Crippen molar-refractivity contribution in [2.45, 2.75) is 20.0 Å². The Morgan fingerprint density at radius 2 is 1.64 bits per heavy atom. The van der Waals surface area contributed by atoms with Crippen molar-refractivity contribution < 1.29 is 9.18 Å². The molecule has 1 saturated heterocycles. The fraction of sp³-hybridized carbons (Fsp3) is 0.350. The van der Waals surface area contributed by atoms with Crippen LogP contribution in [0.2, 0.25) is 0 Å². The molecule has 132 valence electrons. The first-order valence-corrected chi connectivity index (χ1v) is 8.66. The van der Waals surface area contributed by atoms with Crippen LogP contribution in [0.3, 0.4) is 0 Å². The summed E-state index contributed by atoms with van der Waals surface area (Å²) in [5.41, 5.74) is 3.05. The zero-order valence-electron chi connectivity index (χ0n) is 14.5. The van der Waals surface area contributed by atoms with Crippen molar-refractivity contribution in [2.24, 2.45) is 0 Å². The maximum Gasteiger partial charge on any atom is 0.217 e. The average molecular weight is 341 g/mol. The monoisotopic (exact) mass is 341 g/mol. The number of halogens is 1. The average Bonchev–Trinajstić information content (AvgIpc) is 2.62. The Labute approximate surface area is 148 Å². The highest BCUT2D eigenvalue weighted by Gasteiger charge is 2.19. The molecule has 0 radical (unpaired) electrons. The molecule has 0 spiro atoms. The first-order chi connectivity index (χ1) is 12.1. The number of benzene rings is 2. The lowest BCUT2D eigenvalue weighted by atomic mass is 10.1. The van der Waals surface area contributed by atoms with E-state index in [0.717, 1.165) is 38.3 Å². The van der Waals surface area contributed by atoms with E-state index in [1.165, 1.54) is 18.6 Å². The number of anilines is 1. The molecular weight excluding hydrogens is 317 g/mol. The topological polar surface area (TPSA) is 35.6 Å². The van der Waals surface area contributed by atoms with Crippen molar-refractivity contribution in [2.75, 3.05) is 31.1 Å². The van der Waals surface area contributed by atoms with Gasteiger partial charge < -0.3 is 10.2 Å². The van der Waals surface area contributed by atoms with E-state index < -0.39 is 0 Å². The smallest absolute Gasteiger partial charge is 0.217 e. The molecule has 1 heterocycles. The zero-order chi connectivity index (χ0) is 17.6. The van der Waals surface area contributed by atoms with Gasteiger partial charge in [-0.05, 0) is 23.3 Å². The van der Waals surface area contributed by atoms with Crippen LogP contribution in [0.5, 0.6) is 0 Å². The molecule has 0 aliphatic carbocycles. The Balaban J connectivity index is 1.50. The van der Waals surface area contributed by atoms with Gasteiger partial charge in [-0.3, -0.25) is 9.69 Å². The highest BCUT2D eigenvalue weighted by Crippen LogP contribution is 2.20. The number of nitrogens with one attached hydrogen (secondary N) is 1. The standard InChI is InChI=1S/C20H24FN3O/c1-16(25)22-14-17-6-8-18(9-7-17)15-23-10-12-24(13-11-23)20-5-3-2-4-19(20)21/h2-9H,10-15H2,1H3,(H,22,25). The Bertz CT molecular complexity index is 709. The SMILES string of the molecule is CC(=O)NCc1ccc(CN2CCN(c3ccccc3F)CC2)cc1. The summed E-state index contributed by atoms with van der Waals surface area (Å²) < 4.78 is 13.9. The first kappa shape index (κ1) is 17.4. The van der Waals surface area contributed by atoms with Crippen molar-refractivity contribution in [3.63, 3.8) is 0 Å². The molecule has 0 bridgehead atoms. The molecule has 1 amide bonds. The van der Waals surface area contributed by atoms with Crippen LogP contribution in [0, 0.1) is 5.82 Å². The summed E-state index contributed by atoms with van der Waals surface area (Å²) in [5, 5.41) is 2.80. The molecule has 0 saturated carbocycles. The summed E-state index contributed by atoms with van der Waals surface area (Å²) in [6.45, 7) is 6.49. The van der Waals surface area contributed by atoms with Gasteiger partial charge in [0.05, 0.1) is 5.69 Å². The van der Waals surface area contributed by atoms with E-state index in [4.69, 9.17) is 0 Å². The third kappa shape index (κ3) is 4.79. The van der Waals surface area contributed by atoms with Crippen LogP contribution in [0.15, 0.2) is 48.5 Å². The lowest BCUT2D eigenvalue weighted by molar-refractivity contribution is -0.119. The van der Waals surface area contributed by atoms with Gasteiger partial charge in [0.1, 0.15) is 5.82 Å². The molecule has 25 heavy (non-hydrogen) atoms. The molecule has 2 aromatic rings. The first-order valence-electron chi connectivity index (χ1n) is 8.66. The molecule has 1 N–H and O–H groups in total. The van der Waals surface area contributed by atoms with Crippen LogP contribution in [0.1, 0.15) is 18.1 Å². The number of carbonyl (C=O) groups excluding carboxylic acids is 1. The molecule has 0 atom stereocenters. The van der Waals surface area contributed by atoms with Gasteiger partial charge in [0.2, 0.25) is 5.91 Å². The van der Waals surface area contributed by atoms with E-state index in [1.807, 2.05) is 12.1 Å². The quantitative estimate of drug-likeness (QED) is 0.908. The highest BCUT2D eigenvalue weighted by atomic mass is 19.1. The molecular formula is C20H24FN3O. The summed E-state index contributed by atoms with van der Waals surface area (Å²) in [6.07, 6.45) is 0. The lowest BCUT2D eigenvalue weighted by Gasteiger charge is -2.36. The number of hydrogen-bond donors (Lipinski definition) is 1. The number of nitrogens with zero attached hydrogens (tertiary/aromatic N) is 2. The van der Waals surface area contributed by atoms with E-state index in [0.29, 0.717) is 12.2 Å². The van der Waals surface area contributed by atoms with Crippen LogP contribution < -0.4 is 10.2 Å². The van der Waals surface area contributed by atoms with Crippen LogP contribution in [-0.2, 0) is 17.9 Å². The Morgan fingerprint density at radius 1 is 1.00 bits per heavy atom. The van der Waals surface area contributed by atoms with Gasteiger partial charge in [-0.2, -0.15) is 0 Å². The largest absolute Gasteiger partial charge is 0.367 e. The summed E-state index contributed by atoms with van der Waals surface area (Å²) in [5.74, 6) is -0.164. The number of hydrogen-bond acceptors (Lipinski definition) is 3. The minimum atomic E-state index is -0.147. The van der Waals surface area contributed by atoms with E-state index in [-0.39, 0.29) is 11.7 Å². The Hall–Kier alpha value is -2.40. The molecule has 3 rings (SSSR count). The zero-order valence-corrected chi connectivity index (χ0v) is 14.5. The number of piperazine rings is 1. The van der Waals surface area contributed by atoms with Crippen LogP contribution in [-0.4, -0.2) is 37.0 Å². The number of rotatable bonds is 5. The summed E-state index contributed by atoms with van der Waals surface area (Å²) in [4.78, 5) is 15.5. The molecule has 2 aromatic carbocycles. The second-order valence-corrected chi connectivity index (χ2v) is 6.44. The molecule has 0 unspecified atom stereocenters. The van der Waals surface area contributed by atoms with Crippen LogP contribution in [0.25, 0.3) is 0 Å². The number of carbonyl (C=O) groups is 1. The maximum atomic E-state index is 13.9. The van der Waals surface area contributed by atoms with Gasteiger partial charge >= 0.3 is 0 Å². The van der Waals surface area contributed by atoms with Gasteiger partial charge in [-0.25, -0.2) is 4.39 Å². The van der Waals surface area contributed by atoms with Crippen LogP contribution in [0.4, 0.5) is 10.1 Å². The van der Waals surface area contributed by atoms with Crippen molar-refractivity contribution in [1.29, 1.82) is 0 Å². The predicted molar refractivity (Wildman–Crippen MR) is 97.9 cm³/mol. The minimum Gasteiger partial charge on any atom is -0.367 e. The maximum absolute atomic E-state index is 13.9. The normalized spacial score (nSPS) is 15.2. The van der Waals surface area contributed by atoms with Gasteiger partial charge in [0.15, 0.2) is 0 Å². The fourth-order valence-corrected chi connectivity index (χ4v) is 3.10. The highest BCUT2D eigenvalue weighted by molar-refractivity contribution is 5.72. The molecule has 1 aliphatic heterocycles.